The maximum Gasteiger partial charge on any atom is 0.124 e. The van der Waals surface area contributed by atoms with Crippen LogP contribution < -0.4 is 0 Å². The van der Waals surface area contributed by atoms with Gasteiger partial charge in [-0.3, -0.25) is 0 Å². The smallest absolute Gasteiger partial charge is 0.124 e. The second-order valence-corrected chi connectivity index (χ2v) is 9.59. The SMILES string of the molecule is C[Si](C)(C)C(=O)C1CCCC1. The quantitative estimate of drug-likeness (QED) is 0.582. The van der Waals surface area contributed by atoms with Gasteiger partial charge in [-0.05, 0) is 12.8 Å². The van der Waals surface area contributed by atoms with Crippen molar-refractivity contribution in [2.24, 2.45) is 5.92 Å². The zero-order valence-corrected chi connectivity index (χ0v) is 8.81. The normalized spacial score (nSPS) is 20.6. The minimum absolute atomic E-state index is 0.446. The molecular formula is C9H18OSi. The molecule has 1 rings (SSSR count). The molecule has 0 aliphatic heterocycles. The van der Waals surface area contributed by atoms with Crippen molar-refractivity contribution in [3.05, 3.63) is 0 Å². The summed E-state index contributed by atoms with van der Waals surface area (Å²) in [5.74, 6) is 0.446. The molecule has 0 bridgehead atoms. The van der Waals surface area contributed by atoms with Crippen LogP contribution in [0, 0.1) is 5.92 Å². The predicted molar refractivity (Wildman–Crippen MR) is 50.3 cm³/mol. The van der Waals surface area contributed by atoms with Gasteiger partial charge in [0.05, 0.1) is 0 Å². The van der Waals surface area contributed by atoms with Crippen molar-refractivity contribution in [1.29, 1.82) is 0 Å². The first kappa shape index (κ1) is 8.98. The first-order valence-electron chi connectivity index (χ1n) is 4.56. The lowest BCUT2D eigenvalue weighted by molar-refractivity contribution is -0.116. The van der Waals surface area contributed by atoms with Crippen LogP contribution in [0.3, 0.4) is 0 Å². The van der Waals surface area contributed by atoms with Crippen LogP contribution in [-0.2, 0) is 4.79 Å². The van der Waals surface area contributed by atoms with Crippen molar-refractivity contribution >= 4 is 13.5 Å². The fraction of sp³-hybridized carbons (Fsp3) is 0.889. The molecular weight excluding hydrogens is 152 g/mol. The summed E-state index contributed by atoms with van der Waals surface area (Å²) in [6.45, 7) is 6.48. The fourth-order valence-corrected chi connectivity index (χ4v) is 3.31. The Hall–Kier alpha value is -0.113. The summed E-state index contributed by atoms with van der Waals surface area (Å²) >= 11 is 0. The predicted octanol–water partition coefficient (Wildman–Crippen LogP) is 2.62. The zero-order valence-electron chi connectivity index (χ0n) is 7.81. The fourth-order valence-electron chi connectivity index (χ4n) is 1.80. The molecule has 1 nitrogen and oxygen atoms in total. The van der Waals surface area contributed by atoms with Crippen molar-refractivity contribution in [3.63, 3.8) is 0 Å². The van der Waals surface area contributed by atoms with E-state index in [2.05, 4.69) is 19.6 Å². The Bertz CT molecular complexity index is 151. The molecule has 0 N–H and O–H groups in total. The van der Waals surface area contributed by atoms with Crippen molar-refractivity contribution in [3.8, 4) is 0 Å². The van der Waals surface area contributed by atoms with E-state index in [-0.39, 0.29) is 0 Å². The molecule has 1 aliphatic rings. The van der Waals surface area contributed by atoms with E-state index in [4.69, 9.17) is 0 Å². The summed E-state index contributed by atoms with van der Waals surface area (Å²) in [4.78, 5) is 11.7. The highest BCUT2D eigenvalue weighted by atomic mass is 28.3. The maximum absolute atomic E-state index is 11.7. The molecule has 0 aromatic rings. The third-order valence-electron chi connectivity index (χ3n) is 2.47. The average molecular weight is 170 g/mol. The molecule has 1 saturated carbocycles. The van der Waals surface area contributed by atoms with Gasteiger partial charge in [0.15, 0.2) is 0 Å². The molecule has 0 atom stereocenters. The molecule has 0 aromatic carbocycles. The van der Waals surface area contributed by atoms with E-state index in [9.17, 15) is 4.79 Å². The third kappa shape index (κ3) is 2.16. The Kier molecular flexibility index (Phi) is 2.53. The van der Waals surface area contributed by atoms with Crippen LogP contribution in [0.5, 0.6) is 0 Å². The van der Waals surface area contributed by atoms with Crippen LogP contribution >= 0.6 is 0 Å². The Balaban J connectivity index is 2.53. The van der Waals surface area contributed by atoms with Crippen LogP contribution in [0.1, 0.15) is 25.7 Å². The highest BCUT2D eigenvalue weighted by molar-refractivity contribution is 7.03. The van der Waals surface area contributed by atoms with Gasteiger partial charge in [-0.15, -0.1) is 0 Å². The Labute approximate surface area is 70.2 Å². The number of carbonyl (C=O) groups is 1. The Morgan fingerprint density at radius 2 is 1.64 bits per heavy atom. The van der Waals surface area contributed by atoms with E-state index < -0.39 is 8.07 Å². The molecule has 0 radical (unpaired) electrons. The minimum atomic E-state index is -1.46. The third-order valence-corrected chi connectivity index (χ3v) is 4.35. The summed E-state index contributed by atoms with van der Waals surface area (Å²) in [6, 6.07) is 0. The van der Waals surface area contributed by atoms with Gasteiger partial charge in [-0.2, -0.15) is 0 Å². The number of hydrogen-bond donors (Lipinski definition) is 0. The van der Waals surface area contributed by atoms with Crippen molar-refractivity contribution in [1.82, 2.24) is 0 Å². The summed E-state index contributed by atoms with van der Waals surface area (Å²) < 4.78 is 0. The van der Waals surface area contributed by atoms with E-state index in [0.29, 0.717) is 11.3 Å². The summed E-state index contributed by atoms with van der Waals surface area (Å²) in [7, 11) is -1.46. The molecule has 0 heterocycles. The van der Waals surface area contributed by atoms with Crippen LogP contribution in [0.4, 0.5) is 0 Å². The lowest BCUT2D eigenvalue weighted by Crippen LogP contribution is -2.37. The van der Waals surface area contributed by atoms with E-state index in [1.807, 2.05) is 0 Å². The Morgan fingerprint density at radius 1 is 1.18 bits per heavy atom. The number of hydrogen-bond acceptors (Lipinski definition) is 1. The van der Waals surface area contributed by atoms with Crippen LogP contribution in [0.25, 0.3) is 0 Å². The summed E-state index contributed by atoms with van der Waals surface area (Å²) in [5.41, 5.74) is 0. The lowest BCUT2D eigenvalue weighted by atomic mass is 10.1. The first-order valence-corrected chi connectivity index (χ1v) is 8.06. The lowest BCUT2D eigenvalue weighted by Gasteiger charge is -2.18. The molecule has 2 heteroatoms. The van der Waals surface area contributed by atoms with Crippen molar-refractivity contribution in [2.45, 2.75) is 45.3 Å². The number of carbonyl (C=O) groups excluding carboxylic acids is 1. The summed E-state index contributed by atoms with van der Waals surface area (Å²) in [6.07, 6.45) is 4.90. The maximum atomic E-state index is 11.7. The van der Waals surface area contributed by atoms with Gasteiger partial charge in [-0.25, -0.2) is 0 Å². The highest BCUT2D eigenvalue weighted by Gasteiger charge is 2.32. The second-order valence-electron chi connectivity index (χ2n) is 4.60. The first-order chi connectivity index (χ1) is 5.02. The number of rotatable bonds is 2. The van der Waals surface area contributed by atoms with Gasteiger partial charge < -0.3 is 4.79 Å². The standard InChI is InChI=1S/C9H18OSi/c1-11(2,3)9(10)8-6-4-5-7-8/h8H,4-7H2,1-3H3. The largest absolute Gasteiger partial charge is 0.305 e. The molecule has 11 heavy (non-hydrogen) atoms. The zero-order chi connectivity index (χ0) is 8.48. The molecule has 0 saturated heterocycles. The van der Waals surface area contributed by atoms with Crippen LogP contribution in [-0.4, -0.2) is 13.5 Å². The molecule has 0 unspecified atom stereocenters. The van der Waals surface area contributed by atoms with Crippen molar-refractivity contribution in [2.75, 3.05) is 0 Å². The van der Waals surface area contributed by atoms with Gasteiger partial charge in [0.1, 0.15) is 13.5 Å². The highest BCUT2D eigenvalue weighted by Crippen LogP contribution is 2.28. The Morgan fingerprint density at radius 3 is 2.00 bits per heavy atom. The van der Waals surface area contributed by atoms with Crippen molar-refractivity contribution < 1.29 is 4.79 Å². The minimum Gasteiger partial charge on any atom is -0.305 e. The topological polar surface area (TPSA) is 17.1 Å². The molecule has 0 aromatic heterocycles. The van der Waals surface area contributed by atoms with E-state index in [1.54, 1.807) is 0 Å². The van der Waals surface area contributed by atoms with E-state index >= 15 is 0 Å². The van der Waals surface area contributed by atoms with Crippen LogP contribution in [0.15, 0.2) is 0 Å². The van der Waals surface area contributed by atoms with Gasteiger partial charge in [0, 0.05) is 5.92 Å². The van der Waals surface area contributed by atoms with Gasteiger partial charge in [-0.1, -0.05) is 32.5 Å². The monoisotopic (exact) mass is 170 g/mol. The molecule has 1 fully saturated rings. The van der Waals surface area contributed by atoms with Crippen LogP contribution in [0.2, 0.25) is 19.6 Å². The van der Waals surface area contributed by atoms with E-state index in [0.717, 1.165) is 0 Å². The summed E-state index contributed by atoms with van der Waals surface area (Å²) in [5, 5.41) is 0.606. The van der Waals surface area contributed by atoms with Gasteiger partial charge in [0.25, 0.3) is 0 Å². The average Bonchev–Trinajstić information content (AvgIpc) is 2.34. The van der Waals surface area contributed by atoms with Gasteiger partial charge >= 0.3 is 0 Å². The van der Waals surface area contributed by atoms with E-state index in [1.165, 1.54) is 25.7 Å². The van der Waals surface area contributed by atoms with Gasteiger partial charge in [0.2, 0.25) is 0 Å². The molecule has 64 valence electrons. The molecule has 1 aliphatic carbocycles. The second kappa shape index (κ2) is 3.09. The molecule has 0 spiro atoms. The molecule has 0 amide bonds.